The van der Waals surface area contributed by atoms with E-state index in [1.165, 1.54) is 83.4 Å². The van der Waals surface area contributed by atoms with Crippen LogP contribution in [0, 0.1) is 0 Å². The summed E-state index contributed by atoms with van der Waals surface area (Å²) in [5, 5.41) is 7.21. The predicted octanol–water partition coefficient (Wildman–Crippen LogP) is 2.28. The van der Waals surface area contributed by atoms with Crippen LogP contribution in [-0.2, 0) is 0 Å². The van der Waals surface area contributed by atoms with Gasteiger partial charge < -0.3 is 15.5 Å². The van der Waals surface area contributed by atoms with E-state index in [0.29, 0.717) is 17.6 Å². The molecule has 2 atom stereocenters. The molecular formula is C19H34N4. The third-order valence-corrected chi connectivity index (χ3v) is 7.05. The molecule has 23 heavy (non-hydrogen) atoms. The number of likely N-dealkylation sites (tertiary alicyclic amines) is 1. The van der Waals surface area contributed by atoms with Crippen molar-refractivity contribution in [3.63, 3.8) is 0 Å². The van der Waals surface area contributed by atoms with Gasteiger partial charge in [0.2, 0.25) is 0 Å². The number of piperidine rings is 2. The second-order valence-electron chi connectivity index (χ2n) is 8.42. The van der Waals surface area contributed by atoms with E-state index >= 15 is 0 Å². The average Bonchev–Trinajstić information content (AvgIpc) is 2.91. The summed E-state index contributed by atoms with van der Waals surface area (Å²) in [4.78, 5) is 5.47. The van der Waals surface area contributed by atoms with Crippen molar-refractivity contribution in [2.45, 2.75) is 82.0 Å². The summed E-state index contributed by atoms with van der Waals surface area (Å²) < 4.78 is 0. The average molecular weight is 319 g/mol. The molecule has 3 heterocycles. The minimum Gasteiger partial charge on any atom is -0.367 e. The molecule has 0 aromatic rings. The molecule has 0 aromatic heterocycles. The minimum atomic E-state index is 0.434. The summed E-state index contributed by atoms with van der Waals surface area (Å²) >= 11 is 0. The molecule has 2 N–H and O–H groups in total. The molecule has 1 saturated carbocycles. The van der Waals surface area contributed by atoms with E-state index in [1.807, 2.05) is 0 Å². The van der Waals surface area contributed by atoms with E-state index in [9.17, 15) is 0 Å². The van der Waals surface area contributed by atoms with Gasteiger partial charge in [0.15, 0.2) is 0 Å². The molecule has 0 radical (unpaired) electrons. The van der Waals surface area contributed by atoms with Crippen molar-refractivity contribution in [3.05, 3.63) is 12.4 Å². The molecule has 1 unspecified atom stereocenters. The lowest BCUT2D eigenvalue weighted by molar-refractivity contribution is 0.0222. The number of nitrogens with one attached hydrogen (secondary N) is 2. The number of hydrogen-bond acceptors (Lipinski definition) is 4. The van der Waals surface area contributed by atoms with Crippen molar-refractivity contribution in [1.82, 2.24) is 20.4 Å². The molecule has 4 aliphatic rings. The molecule has 3 aliphatic heterocycles. The summed E-state index contributed by atoms with van der Waals surface area (Å²) in [6.45, 7) is 11.7. The number of fused-ring (bicyclic) bond motifs is 1. The van der Waals surface area contributed by atoms with Gasteiger partial charge in [-0.1, -0.05) is 19.4 Å². The lowest BCUT2D eigenvalue weighted by atomic mass is 9.85. The smallest absolute Gasteiger partial charge is 0.0947 e. The molecule has 4 heteroatoms. The van der Waals surface area contributed by atoms with Gasteiger partial charge in [0, 0.05) is 30.7 Å². The second kappa shape index (κ2) is 6.29. The zero-order valence-electron chi connectivity index (χ0n) is 14.8. The van der Waals surface area contributed by atoms with Crippen LogP contribution >= 0.6 is 0 Å². The first-order valence-corrected chi connectivity index (χ1v) is 9.87. The molecule has 130 valence electrons. The third-order valence-electron chi connectivity index (χ3n) is 7.05. The molecule has 0 spiro atoms. The monoisotopic (exact) mass is 318 g/mol. The van der Waals surface area contributed by atoms with Crippen molar-refractivity contribution in [2.24, 2.45) is 0 Å². The Hall–Kier alpha value is -0.740. The van der Waals surface area contributed by atoms with Crippen LogP contribution < -0.4 is 10.6 Å². The lowest BCUT2D eigenvalue weighted by Gasteiger charge is -2.49. The highest BCUT2D eigenvalue weighted by Gasteiger charge is 2.43. The number of nitrogens with zero attached hydrogens (tertiary/aromatic N) is 2. The second-order valence-corrected chi connectivity index (χ2v) is 8.42. The first-order chi connectivity index (χ1) is 11.2. The van der Waals surface area contributed by atoms with Crippen molar-refractivity contribution >= 4 is 0 Å². The topological polar surface area (TPSA) is 30.5 Å². The SMILES string of the molecule is C=C1N[C@@H]2CCCCC2N1C1CCN(C2(C)CCNCC2)CC1. The molecule has 0 amide bonds. The van der Waals surface area contributed by atoms with Crippen LogP contribution in [0.5, 0.6) is 0 Å². The highest BCUT2D eigenvalue weighted by atomic mass is 15.4. The van der Waals surface area contributed by atoms with Gasteiger partial charge in [-0.05, 0) is 58.5 Å². The Balaban J connectivity index is 1.38. The zero-order chi connectivity index (χ0) is 15.9. The summed E-state index contributed by atoms with van der Waals surface area (Å²) in [6, 6.07) is 2.11. The molecule has 1 aliphatic carbocycles. The van der Waals surface area contributed by atoms with Gasteiger partial charge in [-0.2, -0.15) is 0 Å². The summed E-state index contributed by atoms with van der Waals surface area (Å²) in [6.07, 6.45) is 10.7. The molecule has 0 aromatic carbocycles. The van der Waals surface area contributed by atoms with Crippen LogP contribution in [0.3, 0.4) is 0 Å². The first-order valence-electron chi connectivity index (χ1n) is 9.87. The maximum Gasteiger partial charge on any atom is 0.0947 e. The van der Waals surface area contributed by atoms with Crippen LogP contribution in [0.15, 0.2) is 12.4 Å². The van der Waals surface area contributed by atoms with E-state index in [2.05, 4.69) is 33.9 Å². The Labute approximate surface area is 141 Å². The van der Waals surface area contributed by atoms with Gasteiger partial charge in [0.1, 0.15) is 0 Å². The Morgan fingerprint density at radius 2 is 1.74 bits per heavy atom. The molecule has 0 bridgehead atoms. The van der Waals surface area contributed by atoms with Crippen LogP contribution in [0.4, 0.5) is 0 Å². The lowest BCUT2D eigenvalue weighted by Crippen LogP contribution is -2.57. The molecular weight excluding hydrogens is 284 g/mol. The van der Waals surface area contributed by atoms with Crippen molar-refractivity contribution in [2.75, 3.05) is 26.2 Å². The van der Waals surface area contributed by atoms with Gasteiger partial charge in [0.05, 0.1) is 11.9 Å². The predicted molar refractivity (Wildman–Crippen MR) is 95.3 cm³/mol. The molecule has 4 rings (SSSR count). The Bertz CT molecular complexity index is 435. The number of hydrogen-bond donors (Lipinski definition) is 2. The standard InChI is InChI=1S/C19H34N4/c1-15-21-17-5-3-4-6-18(17)23(15)16-7-13-22(14-8-16)19(2)9-11-20-12-10-19/h16-18,20-21H,1,3-14H2,2H3/t17-,18?/m1/s1. The summed E-state index contributed by atoms with van der Waals surface area (Å²) in [7, 11) is 0. The minimum absolute atomic E-state index is 0.434. The number of rotatable bonds is 2. The van der Waals surface area contributed by atoms with Crippen LogP contribution in [-0.4, -0.2) is 59.6 Å². The fraction of sp³-hybridized carbons (Fsp3) is 0.895. The van der Waals surface area contributed by atoms with Gasteiger partial charge in [-0.3, -0.25) is 4.90 Å². The van der Waals surface area contributed by atoms with Crippen molar-refractivity contribution in [1.29, 1.82) is 0 Å². The quantitative estimate of drug-likeness (QED) is 0.818. The van der Waals surface area contributed by atoms with E-state index < -0.39 is 0 Å². The maximum atomic E-state index is 4.35. The third kappa shape index (κ3) is 2.89. The van der Waals surface area contributed by atoms with E-state index in [-0.39, 0.29) is 0 Å². The summed E-state index contributed by atoms with van der Waals surface area (Å²) in [5.74, 6) is 1.22. The van der Waals surface area contributed by atoms with Crippen molar-refractivity contribution in [3.8, 4) is 0 Å². The molecule has 4 fully saturated rings. The van der Waals surface area contributed by atoms with Gasteiger partial charge in [-0.25, -0.2) is 0 Å². The van der Waals surface area contributed by atoms with E-state index in [4.69, 9.17) is 0 Å². The largest absolute Gasteiger partial charge is 0.367 e. The van der Waals surface area contributed by atoms with Gasteiger partial charge in [-0.15, -0.1) is 0 Å². The Morgan fingerprint density at radius 1 is 1.04 bits per heavy atom. The van der Waals surface area contributed by atoms with Crippen molar-refractivity contribution < 1.29 is 0 Å². The van der Waals surface area contributed by atoms with Crippen LogP contribution in [0.1, 0.15) is 58.3 Å². The summed E-state index contributed by atoms with van der Waals surface area (Å²) in [5.41, 5.74) is 0.434. The van der Waals surface area contributed by atoms with Crippen LogP contribution in [0.25, 0.3) is 0 Å². The fourth-order valence-corrected chi connectivity index (χ4v) is 5.56. The maximum absolute atomic E-state index is 4.35. The zero-order valence-corrected chi connectivity index (χ0v) is 14.8. The highest BCUT2D eigenvalue weighted by molar-refractivity contribution is 5.12. The van der Waals surface area contributed by atoms with Gasteiger partial charge >= 0.3 is 0 Å². The molecule has 4 nitrogen and oxygen atoms in total. The Kier molecular flexibility index (Phi) is 4.31. The Morgan fingerprint density at radius 3 is 2.48 bits per heavy atom. The fourth-order valence-electron chi connectivity index (χ4n) is 5.56. The van der Waals surface area contributed by atoms with Gasteiger partial charge in [0.25, 0.3) is 0 Å². The molecule has 3 saturated heterocycles. The van der Waals surface area contributed by atoms with E-state index in [0.717, 1.165) is 6.04 Å². The van der Waals surface area contributed by atoms with E-state index in [1.54, 1.807) is 0 Å². The highest BCUT2D eigenvalue weighted by Crippen LogP contribution is 2.36. The normalized spacial score (nSPS) is 35.9. The van der Waals surface area contributed by atoms with Crippen LogP contribution in [0.2, 0.25) is 0 Å². The first kappa shape index (κ1) is 15.8.